The summed E-state index contributed by atoms with van der Waals surface area (Å²) in [6.07, 6.45) is -1.51. The lowest BCUT2D eigenvalue weighted by Gasteiger charge is -2.10. The predicted octanol–water partition coefficient (Wildman–Crippen LogP) is 4.16. The van der Waals surface area contributed by atoms with Crippen LogP contribution in [-0.2, 0) is 6.18 Å². The van der Waals surface area contributed by atoms with Crippen LogP contribution in [0.4, 0.5) is 19.0 Å². The second kappa shape index (κ2) is 6.62. The van der Waals surface area contributed by atoms with Crippen molar-refractivity contribution in [2.24, 2.45) is 0 Å². The van der Waals surface area contributed by atoms with Gasteiger partial charge < -0.3 is 5.32 Å². The topological polar surface area (TPSA) is 59.8 Å². The Kier molecular flexibility index (Phi) is 4.50. The minimum absolute atomic E-state index is 0.227. The van der Waals surface area contributed by atoms with Gasteiger partial charge in [0.05, 0.1) is 28.7 Å². The van der Waals surface area contributed by atoms with E-state index in [2.05, 4.69) is 15.4 Å². The lowest BCUT2D eigenvalue weighted by molar-refractivity contribution is -0.137. The molecule has 1 N–H and O–H groups in total. The minimum Gasteiger partial charge on any atom is -0.306 e. The summed E-state index contributed by atoms with van der Waals surface area (Å²) in [6, 6.07) is 8.25. The number of nitrogens with one attached hydrogen (secondary N) is 1. The van der Waals surface area contributed by atoms with Crippen LogP contribution in [-0.4, -0.2) is 20.7 Å². The number of alkyl halides is 3. The molecule has 3 rings (SSSR count). The van der Waals surface area contributed by atoms with E-state index in [1.165, 1.54) is 23.0 Å². The molecule has 2 heterocycles. The molecule has 0 saturated heterocycles. The summed E-state index contributed by atoms with van der Waals surface area (Å²) in [6.45, 7) is 3.49. The molecular weight excluding hydrogens is 345 g/mol. The quantitative estimate of drug-likeness (QED) is 0.763. The Morgan fingerprint density at radius 1 is 1.12 bits per heavy atom. The fourth-order valence-electron chi connectivity index (χ4n) is 2.43. The van der Waals surface area contributed by atoms with Gasteiger partial charge in [-0.25, -0.2) is 9.67 Å². The number of halogens is 3. The highest BCUT2D eigenvalue weighted by Crippen LogP contribution is 2.30. The van der Waals surface area contributed by atoms with Crippen molar-refractivity contribution in [1.29, 1.82) is 0 Å². The number of rotatable bonds is 3. The van der Waals surface area contributed by atoms with Crippen molar-refractivity contribution >= 4 is 11.7 Å². The summed E-state index contributed by atoms with van der Waals surface area (Å²) in [5.41, 5.74) is 1.08. The van der Waals surface area contributed by atoms with Gasteiger partial charge >= 0.3 is 6.18 Å². The van der Waals surface area contributed by atoms with E-state index in [-0.39, 0.29) is 11.3 Å². The Bertz CT molecular complexity index is 946. The van der Waals surface area contributed by atoms with Crippen LogP contribution in [0.15, 0.2) is 48.8 Å². The molecule has 0 aliphatic carbocycles. The van der Waals surface area contributed by atoms with Crippen molar-refractivity contribution in [1.82, 2.24) is 14.8 Å². The Morgan fingerprint density at radius 3 is 2.54 bits per heavy atom. The molecule has 0 unspecified atom stereocenters. The summed E-state index contributed by atoms with van der Waals surface area (Å²) in [4.78, 5) is 16.5. The lowest BCUT2D eigenvalue weighted by Crippen LogP contribution is -2.14. The third-order valence-electron chi connectivity index (χ3n) is 3.83. The predicted molar refractivity (Wildman–Crippen MR) is 90.2 cm³/mol. The van der Waals surface area contributed by atoms with E-state index in [0.29, 0.717) is 11.5 Å². The van der Waals surface area contributed by atoms with Crippen LogP contribution in [0.5, 0.6) is 0 Å². The minimum atomic E-state index is -4.45. The molecule has 1 aromatic carbocycles. The Balaban J connectivity index is 1.88. The lowest BCUT2D eigenvalue weighted by atomic mass is 10.2. The summed E-state index contributed by atoms with van der Waals surface area (Å²) in [7, 11) is 0. The van der Waals surface area contributed by atoms with Gasteiger partial charge in [0.15, 0.2) is 0 Å². The summed E-state index contributed by atoms with van der Waals surface area (Å²) in [5, 5.41) is 6.70. The van der Waals surface area contributed by atoms with Crippen LogP contribution in [0, 0.1) is 13.8 Å². The van der Waals surface area contributed by atoms with Crippen molar-refractivity contribution in [2.45, 2.75) is 20.0 Å². The number of aryl methyl sites for hydroxylation is 1. The number of nitrogens with zero attached hydrogens (tertiary/aromatic N) is 3. The van der Waals surface area contributed by atoms with Gasteiger partial charge in [0.1, 0.15) is 5.82 Å². The van der Waals surface area contributed by atoms with E-state index in [0.717, 1.165) is 17.7 Å². The molecule has 0 aliphatic rings. The highest BCUT2D eigenvalue weighted by Gasteiger charge is 2.30. The number of aromatic nitrogens is 3. The largest absolute Gasteiger partial charge is 0.416 e. The van der Waals surface area contributed by atoms with Crippen molar-refractivity contribution in [3.63, 3.8) is 0 Å². The van der Waals surface area contributed by atoms with E-state index in [1.807, 2.05) is 13.0 Å². The number of hydrogen-bond acceptors (Lipinski definition) is 3. The second-order valence-electron chi connectivity index (χ2n) is 5.78. The van der Waals surface area contributed by atoms with Crippen molar-refractivity contribution < 1.29 is 18.0 Å². The van der Waals surface area contributed by atoms with Crippen LogP contribution >= 0.6 is 0 Å². The van der Waals surface area contributed by atoms with E-state index in [1.54, 1.807) is 19.2 Å². The number of anilines is 1. The molecule has 0 saturated carbocycles. The molecule has 0 radical (unpaired) electrons. The van der Waals surface area contributed by atoms with Gasteiger partial charge in [-0.15, -0.1) is 0 Å². The summed E-state index contributed by atoms with van der Waals surface area (Å²) < 4.78 is 40.0. The monoisotopic (exact) mass is 360 g/mol. The van der Waals surface area contributed by atoms with Crippen LogP contribution in [0.2, 0.25) is 0 Å². The first-order valence-corrected chi connectivity index (χ1v) is 7.72. The zero-order valence-corrected chi connectivity index (χ0v) is 14.0. The van der Waals surface area contributed by atoms with E-state index < -0.39 is 17.6 Å². The van der Waals surface area contributed by atoms with E-state index >= 15 is 0 Å². The van der Waals surface area contributed by atoms with E-state index in [9.17, 15) is 18.0 Å². The SMILES string of the molecule is Cc1ccc(NC(=O)c2cnn(-c3cccc(C(F)(F)F)c3)c2C)nc1. The number of benzene rings is 1. The fourth-order valence-corrected chi connectivity index (χ4v) is 2.43. The first-order valence-electron chi connectivity index (χ1n) is 7.72. The third-order valence-corrected chi connectivity index (χ3v) is 3.83. The molecule has 0 bridgehead atoms. The van der Waals surface area contributed by atoms with Gasteiger partial charge in [-0.2, -0.15) is 18.3 Å². The number of carbonyl (C=O) groups is 1. The molecule has 26 heavy (non-hydrogen) atoms. The summed E-state index contributed by atoms with van der Waals surface area (Å²) >= 11 is 0. The highest BCUT2D eigenvalue weighted by atomic mass is 19.4. The average molecular weight is 360 g/mol. The number of pyridine rings is 1. The van der Waals surface area contributed by atoms with Crippen molar-refractivity contribution in [3.8, 4) is 5.69 Å². The maximum absolute atomic E-state index is 12.9. The van der Waals surface area contributed by atoms with Gasteiger partial charge in [0, 0.05) is 6.20 Å². The van der Waals surface area contributed by atoms with Crippen LogP contribution < -0.4 is 5.32 Å². The number of amides is 1. The zero-order valence-electron chi connectivity index (χ0n) is 14.0. The van der Waals surface area contributed by atoms with E-state index in [4.69, 9.17) is 0 Å². The van der Waals surface area contributed by atoms with Crippen LogP contribution in [0.3, 0.4) is 0 Å². The average Bonchev–Trinajstić information content (AvgIpc) is 2.98. The smallest absolute Gasteiger partial charge is 0.306 e. The standard InChI is InChI=1S/C18H15F3N4O/c1-11-6-7-16(22-9-11)24-17(26)15-10-23-25(12(15)2)14-5-3-4-13(8-14)18(19,20)21/h3-10H,1-2H3,(H,22,24,26). The van der Waals surface area contributed by atoms with Gasteiger partial charge in [-0.3, -0.25) is 4.79 Å². The molecule has 134 valence electrons. The molecule has 8 heteroatoms. The first-order chi connectivity index (χ1) is 12.3. The molecular formula is C18H15F3N4O. The van der Waals surface area contributed by atoms with Gasteiger partial charge in [-0.1, -0.05) is 12.1 Å². The number of hydrogen-bond donors (Lipinski definition) is 1. The zero-order chi connectivity index (χ0) is 18.9. The number of carbonyl (C=O) groups excluding carboxylic acids is 1. The highest BCUT2D eigenvalue weighted by molar-refractivity contribution is 6.04. The Morgan fingerprint density at radius 2 is 1.88 bits per heavy atom. The molecule has 0 atom stereocenters. The van der Waals surface area contributed by atoms with Gasteiger partial charge in [-0.05, 0) is 43.7 Å². The van der Waals surface area contributed by atoms with Gasteiger partial charge in [0.2, 0.25) is 0 Å². The van der Waals surface area contributed by atoms with Crippen LogP contribution in [0.25, 0.3) is 5.69 Å². The molecule has 0 spiro atoms. The van der Waals surface area contributed by atoms with Crippen molar-refractivity contribution in [3.05, 3.63) is 71.2 Å². The second-order valence-corrected chi connectivity index (χ2v) is 5.78. The maximum atomic E-state index is 12.9. The van der Waals surface area contributed by atoms with Gasteiger partial charge in [0.25, 0.3) is 5.91 Å². The molecule has 1 amide bonds. The fraction of sp³-hybridized carbons (Fsp3) is 0.167. The Hall–Kier alpha value is -3.16. The van der Waals surface area contributed by atoms with Crippen LogP contribution in [0.1, 0.15) is 27.2 Å². The molecule has 3 aromatic rings. The Labute approximate surface area is 147 Å². The summed E-state index contributed by atoms with van der Waals surface area (Å²) in [5.74, 6) is -0.0519. The molecule has 0 fully saturated rings. The normalized spacial score (nSPS) is 11.4. The third kappa shape index (κ3) is 3.58. The first kappa shape index (κ1) is 17.7. The molecule has 2 aromatic heterocycles. The van der Waals surface area contributed by atoms with Crippen molar-refractivity contribution in [2.75, 3.05) is 5.32 Å². The molecule has 0 aliphatic heterocycles. The maximum Gasteiger partial charge on any atom is 0.416 e. The molecule has 5 nitrogen and oxygen atoms in total.